The second kappa shape index (κ2) is 16.0. The maximum Gasteiger partial charge on any atom is 0.410 e. The molecule has 1 aliphatic heterocycles. The summed E-state index contributed by atoms with van der Waals surface area (Å²) in [4.78, 5) is 53.1. The number of carbonyl (C=O) groups excluding carboxylic acids is 4. The molecule has 1 aromatic carbocycles. The van der Waals surface area contributed by atoms with Gasteiger partial charge in [-0.25, -0.2) is 0 Å². The van der Waals surface area contributed by atoms with E-state index in [1.807, 2.05) is 6.92 Å². The van der Waals surface area contributed by atoms with Crippen LogP contribution in [0.15, 0.2) is 24.3 Å². The summed E-state index contributed by atoms with van der Waals surface area (Å²) in [5, 5.41) is 3.12. The van der Waals surface area contributed by atoms with Gasteiger partial charge in [-0.05, 0) is 96.2 Å². The van der Waals surface area contributed by atoms with Gasteiger partial charge >= 0.3 is 25.2 Å². The van der Waals surface area contributed by atoms with Crippen LogP contribution in [0.1, 0.15) is 96.8 Å². The molecule has 2 aromatic rings. The van der Waals surface area contributed by atoms with E-state index in [9.17, 15) is 23.7 Å². The van der Waals surface area contributed by atoms with Gasteiger partial charge in [0.25, 0.3) is 5.91 Å². The Kier molecular flexibility index (Phi) is 13.2. The molecule has 1 aromatic heterocycles. The summed E-state index contributed by atoms with van der Waals surface area (Å²) in [6.45, 7) is 14.4. The monoisotopic (exact) mass is 730 g/mol. The van der Waals surface area contributed by atoms with Gasteiger partial charge in [0.05, 0.1) is 15.7 Å². The van der Waals surface area contributed by atoms with E-state index in [1.165, 1.54) is 53.7 Å². The number of amides is 2. The number of nitrogens with zero attached hydrogens (tertiary/aromatic N) is 1. The summed E-state index contributed by atoms with van der Waals surface area (Å²) in [5.74, 6) is -1.81. The van der Waals surface area contributed by atoms with Crippen molar-refractivity contribution in [2.45, 2.75) is 93.3 Å². The van der Waals surface area contributed by atoms with E-state index in [-0.39, 0.29) is 28.0 Å². The third-order valence-corrected chi connectivity index (χ3v) is 11.2. The van der Waals surface area contributed by atoms with E-state index in [0.29, 0.717) is 24.2 Å². The number of hydrogen-bond donors (Lipinski definition) is 1. The molecule has 0 radical (unpaired) electrons. The molecule has 11 nitrogen and oxygen atoms in total. The third kappa shape index (κ3) is 10.3. The fourth-order valence-electron chi connectivity index (χ4n) is 4.68. The maximum absolute atomic E-state index is 16.1. The van der Waals surface area contributed by atoms with Gasteiger partial charge < -0.3 is 19.7 Å². The standard InChI is InChI=1S/C34H49F2N2O9PS/c1-21(2)22(3)16-25(29(40)38-14-10-11-15-38)37-28(39)27-18-23-17-24(12-13-26(23)49-27)34(35,36)48(43,46-19-44-30(41)32(4,5)6)47-20-45-31(42)33(7,8)9/h12-13,17-18,21-22,25H,10-11,14-16,19-20H2,1-9H3,(H,37,39)/t22-,25-/m0/s1. The Bertz CT molecular complexity index is 1520. The van der Waals surface area contributed by atoms with Gasteiger partial charge in [-0.2, -0.15) is 8.78 Å². The molecular formula is C34H49F2N2O9PS. The van der Waals surface area contributed by atoms with Crippen LogP contribution in [0.25, 0.3) is 10.1 Å². The lowest BCUT2D eigenvalue weighted by molar-refractivity contribution is -0.163. The molecule has 1 fully saturated rings. The Hall–Kier alpha value is -2.93. The zero-order valence-corrected chi connectivity index (χ0v) is 31.4. The highest BCUT2D eigenvalue weighted by Gasteiger charge is 2.56. The first-order valence-corrected chi connectivity index (χ1v) is 18.7. The van der Waals surface area contributed by atoms with Crippen molar-refractivity contribution in [3.8, 4) is 0 Å². The molecule has 1 N–H and O–H groups in total. The number of likely N-dealkylation sites (tertiary alicyclic amines) is 1. The summed E-state index contributed by atoms with van der Waals surface area (Å²) in [6.07, 6.45) is 2.26. The molecule has 2 amide bonds. The molecule has 49 heavy (non-hydrogen) atoms. The summed E-state index contributed by atoms with van der Waals surface area (Å²) in [5.41, 5.74) is -7.08. The number of halogens is 2. The van der Waals surface area contributed by atoms with E-state index in [2.05, 4.69) is 19.2 Å². The lowest BCUT2D eigenvalue weighted by atomic mass is 9.90. The van der Waals surface area contributed by atoms with Crippen molar-refractivity contribution < 1.29 is 51.0 Å². The Morgan fingerprint density at radius 1 is 0.898 bits per heavy atom. The van der Waals surface area contributed by atoms with Crippen LogP contribution in [0.5, 0.6) is 0 Å². The quantitative estimate of drug-likeness (QED) is 0.118. The predicted molar refractivity (Wildman–Crippen MR) is 182 cm³/mol. The van der Waals surface area contributed by atoms with Gasteiger partial charge in [-0.1, -0.05) is 26.8 Å². The number of thiophene rings is 1. The SMILES string of the molecule is CC(C)[C@@H](C)C[C@H](NC(=O)c1cc2cc(C(F)(F)P(=O)(OCOC(=O)C(C)(C)C)OCOC(=O)C(C)(C)C)ccc2s1)C(=O)N1CCCC1. The van der Waals surface area contributed by atoms with Crippen molar-refractivity contribution >= 4 is 52.8 Å². The van der Waals surface area contributed by atoms with Gasteiger partial charge in [0.2, 0.25) is 19.5 Å². The van der Waals surface area contributed by atoms with Gasteiger partial charge in [0.1, 0.15) is 6.04 Å². The Balaban J connectivity index is 1.88. The smallest absolute Gasteiger partial charge is 0.410 e. The van der Waals surface area contributed by atoms with Gasteiger partial charge in [-0.15, -0.1) is 11.3 Å². The molecular weight excluding hydrogens is 681 g/mol. The molecule has 2 heterocycles. The number of carbonyl (C=O) groups is 4. The fourth-order valence-corrected chi connectivity index (χ4v) is 6.87. The maximum atomic E-state index is 16.1. The highest BCUT2D eigenvalue weighted by molar-refractivity contribution is 7.54. The van der Waals surface area contributed by atoms with E-state index in [1.54, 1.807) is 4.90 Å². The first-order valence-electron chi connectivity index (χ1n) is 16.3. The van der Waals surface area contributed by atoms with Crippen molar-refractivity contribution in [1.29, 1.82) is 0 Å². The number of hydrogen-bond acceptors (Lipinski definition) is 10. The second-order valence-corrected chi connectivity index (χ2v) is 17.9. The minimum atomic E-state index is -5.52. The number of ether oxygens (including phenoxy) is 2. The average molecular weight is 731 g/mol. The van der Waals surface area contributed by atoms with E-state index < -0.39 is 67.1 Å². The molecule has 0 spiro atoms. The van der Waals surface area contributed by atoms with E-state index in [0.717, 1.165) is 36.3 Å². The molecule has 274 valence electrons. The topological polar surface area (TPSA) is 138 Å². The van der Waals surface area contributed by atoms with Crippen LogP contribution >= 0.6 is 18.9 Å². The minimum absolute atomic E-state index is 0.140. The summed E-state index contributed by atoms with van der Waals surface area (Å²) in [6, 6.07) is 4.09. The molecule has 3 rings (SSSR count). The molecule has 0 unspecified atom stereocenters. The molecule has 2 atom stereocenters. The molecule has 1 aliphatic rings. The summed E-state index contributed by atoms with van der Waals surface area (Å²) < 4.78 is 66.1. The first-order chi connectivity index (χ1) is 22.6. The van der Waals surface area contributed by atoms with Crippen LogP contribution in [-0.2, 0) is 43.1 Å². The van der Waals surface area contributed by atoms with E-state index >= 15 is 8.78 Å². The van der Waals surface area contributed by atoms with Crippen molar-refractivity contribution in [2.75, 3.05) is 26.7 Å². The zero-order valence-electron chi connectivity index (χ0n) is 29.7. The Morgan fingerprint density at radius 2 is 1.43 bits per heavy atom. The number of fused-ring (bicyclic) bond motifs is 1. The number of rotatable bonds is 14. The number of benzene rings is 1. The lowest BCUT2D eigenvalue weighted by Gasteiger charge is -2.27. The lowest BCUT2D eigenvalue weighted by Crippen LogP contribution is -2.48. The second-order valence-electron chi connectivity index (χ2n) is 14.8. The number of esters is 2. The van der Waals surface area contributed by atoms with Crippen LogP contribution in [0.4, 0.5) is 8.78 Å². The predicted octanol–water partition coefficient (Wildman–Crippen LogP) is 7.67. The minimum Gasteiger partial charge on any atom is -0.438 e. The van der Waals surface area contributed by atoms with Crippen LogP contribution in [0.3, 0.4) is 0 Å². The van der Waals surface area contributed by atoms with Crippen molar-refractivity contribution in [3.63, 3.8) is 0 Å². The number of nitrogens with one attached hydrogen (secondary N) is 1. The zero-order chi connectivity index (χ0) is 36.9. The van der Waals surface area contributed by atoms with Gasteiger partial charge in [-0.3, -0.25) is 32.8 Å². The van der Waals surface area contributed by atoms with Crippen molar-refractivity contribution in [3.05, 3.63) is 34.7 Å². The van der Waals surface area contributed by atoms with Crippen LogP contribution in [-0.4, -0.2) is 61.4 Å². The molecule has 0 saturated carbocycles. The third-order valence-electron chi connectivity index (χ3n) is 8.25. The molecule has 15 heteroatoms. The Labute approximate surface area is 290 Å². The average Bonchev–Trinajstić information content (AvgIpc) is 3.69. The molecule has 1 saturated heterocycles. The number of alkyl halides is 2. The van der Waals surface area contributed by atoms with Gasteiger partial charge in [0, 0.05) is 23.4 Å². The van der Waals surface area contributed by atoms with Crippen LogP contribution in [0, 0.1) is 22.7 Å². The summed E-state index contributed by atoms with van der Waals surface area (Å²) in [7, 11) is -5.52. The normalized spacial score (nSPS) is 15.7. The fraction of sp³-hybridized carbons (Fsp3) is 0.647. The van der Waals surface area contributed by atoms with Crippen LogP contribution in [0.2, 0.25) is 0 Å². The van der Waals surface area contributed by atoms with Crippen molar-refractivity contribution in [1.82, 2.24) is 10.2 Å². The van der Waals surface area contributed by atoms with Crippen LogP contribution < -0.4 is 5.32 Å². The van der Waals surface area contributed by atoms with E-state index in [4.69, 9.17) is 18.5 Å². The Morgan fingerprint density at radius 3 is 1.92 bits per heavy atom. The highest BCUT2D eigenvalue weighted by atomic mass is 32.1. The molecule has 0 bridgehead atoms. The largest absolute Gasteiger partial charge is 0.438 e. The first kappa shape index (κ1) is 40.5. The van der Waals surface area contributed by atoms with Gasteiger partial charge in [0.15, 0.2) is 0 Å². The molecule has 0 aliphatic carbocycles. The highest BCUT2D eigenvalue weighted by Crippen LogP contribution is 2.67. The van der Waals surface area contributed by atoms with Crippen molar-refractivity contribution in [2.24, 2.45) is 22.7 Å². The summed E-state index contributed by atoms with van der Waals surface area (Å²) >= 11 is 1.05.